The van der Waals surface area contributed by atoms with Crippen molar-refractivity contribution in [2.45, 2.75) is 75.3 Å². The van der Waals surface area contributed by atoms with E-state index in [4.69, 9.17) is 19.4 Å². The number of aromatic hydroxyl groups is 1. The molecule has 4 aromatic rings. The van der Waals surface area contributed by atoms with Gasteiger partial charge in [0.25, 0.3) is 0 Å². The second-order valence-corrected chi connectivity index (χ2v) is 13.4. The van der Waals surface area contributed by atoms with Crippen molar-refractivity contribution in [1.29, 1.82) is 0 Å². The lowest BCUT2D eigenvalue weighted by Gasteiger charge is -2.40. The van der Waals surface area contributed by atoms with Gasteiger partial charge in [-0.1, -0.05) is 25.1 Å². The van der Waals surface area contributed by atoms with Crippen LogP contribution in [-0.2, 0) is 6.42 Å². The molecule has 5 aliphatic heterocycles. The van der Waals surface area contributed by atoms with Crippen molar-refractivity contribution in [3.63, 3.8) is 0 Å². The van der Waals surface area contributed by atoms with Crippen LogP contribution in [0.1, 0.15) is 44.6 Å². The van der Waals surface area contributed by atoms with E-state index in [9.17, 15) is 9.50 Å². The van der Waals surface area contributed by atoms with Crippen molar-refractivity contribution < 1.29 is 23.4 Å². The molecule has 234 valence electrons. The Bertz CT molecular complexity index is 1860. The summed E-state index contributed by atoms with van der Waals surface area (Å²) in [5.74, 6) is 0.240. The lowest BCUT2D eigenvalue weighted by atomic mass is 9.95. The number of nitrogens with one attached hydrogen (secondary N) is 1. The Morgan fingerprint density at radius 1 is 1.16 bits per heavy atom. The highest BCUT2D eigenvalue weighted by Gasteiger charge is 2.50. The molecule has 2 aromatic carbocycles. The molecule has 4 saturated heterocycles. The van der Waals surface area contributed by atoms with Gasteiger partial charge in [0.15, 0.2) is 5.82 Å². The van der Waals surface area contributed by atoms with Gasteiger partial charge in [0.05, 0.1) is 11.6 Å². The highest BCUT2D eigenvalue weighted by atomic mass is 19.1. The Labute approximate surface area is 259 Å². The van der Waals surface area contributed by atoms with Crippen LogP contribution >= 0.6 is 0 Å². The van der Waals surface area contributed by atoms with Gasteiger partial charge in [-0.2, -0.15) is 9.97 Å². The molecule has 5 aliphatic rings. The van der Waals surface area contributed by atoms with E-state index in [-0.39, 0.29) is 47.5 Å². The van der Waals surface area contributed by atoms with Gasteiger partial charge in [-0.05, 0) is 67.1 Å². The van der Waals surface area contributed by atoms with Gasteiger partial charge < -0.3 is 24.8 Å². The zero-order chi connectivity index (χ0) is 30.4. The maximum Gasteiger partial charge on any atom is 0.319 e. The van der Waals surface area contributed by atoms with Crippen LogP contribution in [0.4, 0.5) is 14.6 Å². The molecule has 1 unspecified atom stereocenters. The summed E-state index contributed by atoms with van der Waals surface area (Å²) >= 11 is 0. The van der Waals surface area contributed by atoms with E-state index in [1.807, 2.05) is 25.1 Å². The van der Waals surface area contributed by atoms with Crippen molar-refractivity contribution in [2.75, 3.05) is 37.7 Å². The molecule has 0 aliphatic carbocycles. The molecule has 2 N–H and O–H groups in total. The Balaban J connectivity index is 1.24. The molecule has 9 rings (SSSR count). The number of aryl methyl sites for hydroxylation is 1. The maximum atomic E-state index is 17.0. The Hall–Kier alpha value is -3.83. The molecular formula is C34H36F2N6O3. The predicted molar refractivity (Wildman–Crippen MR) is 166 cm³/mol. The molecule has 2 bridgehead atoms. The molecule has 45 heavy (non-hydrogen) atoms. The number of piperazine rings is 1. The summed E-state index contributed by atoms with van der Waals surface area (Å²) in [4.78, 5) is 18.8. The number of nitrogens with zero attached hydrogens (tertiary/aromatic N) is 5. The van der Waals surface area contributed by atoms with E-state index >= 15 is 4.39 Å². The number of hydrogen-bond donors (Lipinski definition) is 2. The number of alkyl halides is 1. The minimum atomic E-state index is -0.885. The van der Waals surface area contributed by atoms with E-state index in [0.29, 0.717) is 48.9 Å². The van der Waals surface area contributed by atoms with Crippen molar-refractivity contribution in [3.05, 3.63) is 41.7 Å². The first-order valence-corrected chi connectivity index (χ1v) is 16.2. The molecule has 11 heteroatoms. The van der Waals surface area contributed by atoms with Crippen LogP contribution < -0.4 is 19.7 Å². The van der Waals surface area contributed by atoms with Crippen molar-refractivity contribution in [1.82, 2.24) is 25.2 Å². The van der Waals surface area contributed by atoms with Crippen LogP contribution in [0.15, 0.2) is 30.3 Å². The van der Waals surface area contributed by atoms with Gasteiger partial charge in [0, 0.05) is 37.2 Å². The molecule has 2 aromatic heterocycles. The number of aromatic nitrogens is 3. The van der Waals surface area contributed by atoms with E-state index < -0.39 is 17.5 Å². The maximum absolute atomic E-state index is 17.0. The average Bonchev–Trinajstić information content (AvgIpc) is 3.67. The van der Waals surface area contributed by atoms with Gasteiger partial charge in [0.2, 0.25) is 5.88 Å². The first-order chi connectivity index (χ1) is 21.9. The zero-order valence-corrected chi connectivity index (χ0v) is 25.2. The number of phenols is 1. The summed E-state index contributed by atoms with van der Waals surface area (Å²) < 4.78 is 44.3. The average molecular weight is 615 g/mol. The third-order valence-corrected chi connectivity index (χ3v) is 10.8. The fourth-order valence-electron chi connectivity index (χ4n) is 8.78. The smallest absolute Gasteiger partial charge is 0.319 e. The molecule has 0 radical (unpaired) electrons. The number of pyridine rings is 1. The summed E-state index contributed by atoms with van der Waals surface area (Å²) in [5.41, 5.74) is 1.24. The van der Waals surface area contributed by atoms with E-state index in [0.717, 1.165) is 55.0 Å². The Morgan fingerprint density at radius 3 is 2.96 bits per heavy atom. The van der Waals surface area contributed by atoms with Crippen LogP contribution in [0.5, 0.6) is 17.6 Å². The standard InChI is InChI=1S/C34H36F2N6O3/c1-2-18-5-3-6-19-11-22(43)12-23(26(18)19)29-28(36)30-27-31(42-15-21-7-8-24(37-21)25(42)16-44-32(27)38-29)40-33(39-30)45-17-34-9-4-10-41(34)14-20(35)13-34/h3,5-6,11-12,20-21,24-25,37,43H,2,4,7-10,13-17H2,1H3/t20-,21+,24?,25+,34+/m1/s1. The number of phenolic OH excluding ortho intramolecular Hbond substituents is 1. The Morgan fingerprint density at radius 2 is 2.07 bits per heavy atom. The fraction of sp³-hybridized carbons (Fsp3) is 0.500. The van der Waals surface area contributed by atoms with Gasteiger partial charge >= 0.3 is 6.01 Å². The summed E-state index contributed by atoms with van der Waals surface area (Å²) in [7, 11) is 0. The third-order valence-electron chi connectivity index (χ3n) is 10.8. The van der Waals surface area contributed by atoms with Gasteiger partial charge in [-0.15, -0.1) is 0 Å². The number of ether oxygens (including phenoxy) is 2. The summed E-state index contributed by atoms with van der Waals surface area (Å²) in [6, 6.07) is 9.68. The predicted octanol–water partition coefficient (Wildman–Crippen LogP) is 4.91. The molecule has 0 saturated carbocycles. The van der Waals surface area contributed by atoms with Crippen LogP contribution in [0.2, 0.25) is 0 Å². The number of anilines is 1. The van der Waals surface area contributed by atoms with Crippen molar-refractivity contribution >= 4 is 27.5 Å². The van der Waals surface area contributed by atoms with Gasteiger partial charge in [-0.25, -0.2) is 13.8 Å². The second kappa shape index (κ2) is 10.1. The zero-order valence-electron chi connectivity index (χ0n) is 25.2. The Kier molecular flexibility index (Phi) is 6.16. The number of hydrogen-bond acceptors (Lipinski definition) is 9. The highest BCUT2D eigenvalue weighted by molar-refractivity contribution is 6.03. The normalized spacial score (nSPS) is 28.7. The molecular weight excluding hydrogens is 578 g/mol. The number of rotatable bonds is 5. The number of benzene rings is 2. The van der Waals surface area contributed by atoms with Crippen molar-refractivity contribution in [2.24, 2.45) is 0 Å². The SMILES string of the molecule is CCc1cccc2cc(O)cc(-c3nc4c5c(nc(OC[C@@]67CCCN6C[C@H](F)C7)nc5c3F)N3C[C@@H]5CCC(N5)[C@@H]3CO4)c12. The summed E-state index contributed by atoms with van der Waals surface area (Å²) in [5, 5.41) is 16.5. The molecule has 0 amide bonds. The lowest BCUT2D eigenvalue weighted by Crippen LogP contribution is -2.60. The first-order valence-electron chi connectivity index (χ1n) is 16.2. The number of halogens is 2. The van der Waals surface area contributed by atoms with Crippen molar-refractivity contribution in [3.8, 4) is 28.9 Å². The highest BCUT2D eigenvalue weighted by Crippen LogP contribution is 2.45. The minimum absolute atomic E-state index is 0.0187. The molecule has 4 fully saturated rings. The fourth-order valence-corrected chi connectivity index (χ4v) is 8.78. The third kappa shape index (κ3) is 4.19. The van der Waals surface area contributed by atoms with Crippen LogP contribution in [0, 0.1) is 5.82 Å². The van der Waals surface area contributed by atoms with Crippen LogP contribution in [0.25, 0.3) is 32.9 Å². The van der Waals surface area contributed by atoms with E-state index in [2.05, 4.69) is 20.1 Å². The topological polar surface area (TPSA) is 95.9 Å². The number of fused-ring (bicyclic) bond motifs is 7. The van der Waals surface area contributed by atoms with E-state index in [1.165, 1.54) is 0 Å². The first kappa shape index (κ1) is 27.5. The minimum Gasteiger partial charge on any atom is -0.508 e. The summed E-state index contributed by atoms with van der Waals surface area (Å²) in [6.07, 6.45) is 4.18. The largest absolute Gasteiger partial charge is 0.508 e. The molecule has 7 heterocycles. The second-order valence-electron chi connectivity index (χ2n) is 13.4. The monoisotopic (exact) mass is 614 g/mol. The van der Waals surface area contributed by atoms with Crippen LogP contribution in [0.3, 0.4) is 0 Å². The van der Waals surface area contributed by atoms with Crippen LogP contribution in [-0.4, -0.2) is 87.6 Å². The summed E-state index contributed by atoms with van der Waals surface area (Å²) in [6.45, 7) is 4.63. The molecule has 0 spiro atoms. The molecule has 5 atom stereocenters. The quantitative estimate of drug-likeness (QED) is 0.325. The van der Waals surface area contributed by atoms with E-state index in [1.54, 1.807) is 12.1 Å². The molecule has 9 nitrogen and oxygen atoms in total. The lowest BCUT2D eigenvalue weighted by molar-refractivity contribution is 0.107. The van der Waals surface area contributed by atoms with Gasteiger partial charge in [0.1, 0.15) is 47.5 Å². The van der Waals surface area contributed by atoms with Gasteiger partial charge in [-0.3, -0.25) is 4.90 Å².